The van der Waals surface area contributed by atoms with E-state index >= 15 is 0 Å². The van der Waals surface area contributed by atoms with Crippen LogP contribution >= 0.6 is 11.3 Å². The smallest absolute Gasteiger partial charge is 0.254 e. The van der Waals surface area contributed by atoms with Gasteiger partial charge < -0.3 is 4.90 Å². The van der Waals surface area contributed by atoms with Gasteiger partial charge in [0.25, 0.3) is 5.91 Å². The number of aryl methyl sites for hydroxylation is 1. The summed E-state index contributed by atoms with van der Waals surface area (Å²) in [7, 11) is 0. The van der Waals surface area contributed by atoms with Gasteiger partial charge in [-0.05, 0) is 67.6 Å². The number of anilines is 1. The van der Waals surface area contributed by atoms with Crippen LogP contribution in [-0.2, 0) is 11.2 Å². The van der Waals surface area contributed by atoms with Crippen LogP contribution in [0.25, 0.3) is 10.6 Å². The number of hydrogen-bond acceptors (Lipinski definition) is 5. The Morgan fingerprint density at radius 3 is 2.59 bits per heavy atom. The molecule has 3 aromatic rings. The fraction of sp³-hybridized carbons (Fsp3) is 0.333. The molecular formula is C24H25FN4O2S. The van der Waals surface area contributed by atoms with E-state index in [1.54, 1.807) is 17.0 Å². The first-order valence-corrected chi connectivity index (χ1v) is 11.7. The molecule has 1 atom stereocenters. The molecule has 2 amide bonds. The summed E-state index contributed by atoms with van der Waals surface area (Å²) >= 11 is 1.21. The zero-order valence-electron chi connectivity index (χ0n) is 17.9. The van der Waals surface area contributed by atoms with Crippen LogP contribution in [0.1, 0.15) is 48.5 Å². The van der Waals surface area contributed by atoms with Crippen molar-refractivity contribution in [2.24, 2.45) is 0 Å². The van der Waals surface area contributed by atoms with Crippen LogP contribution in [0.15, 0.2) is 48.5 Å². The fourth-order valence-corrected chi connectivity index (χ4v) is 4.57. The minimum absolute atomic E-state index is 0.131. The van der Waals surface area contributed by atoms with E-state index in [9.17, 15) is 14.0 Å². The van der Waals surface area contributed by atoms with Crippen LogP contribution in [-0.4, -0.2) is 39.5 Å². The third kappa shape index (κ3) is 5.02. The second kappa shape index (κ2) is 9.99. The molecule has 1 saturated heterocycles. The molecule has 1 aliphatic heterocycles. The highest BCUT2D eigenvalue weighted by Crippen LogP contribution is 2.28. The first-order valence-electron chi connectivity index (χ1n) is 10.9. The van der Waals surface area contributed by atoms with Crippen LogP contribution in [0.2, 0.25) is 0 Å². The van der Waals surface area contributed by atoms with Gasteiger partial charge in [-0.1, -0.05) is 36.8 Å². The van der Waals surface area contributed by atoms with Crippen molar-refractivity contribution in [1.29, 1.82) is 0 Å². The number of carbonyl (C=O) groups is 2. The summed E-state index contributed by atoms with van der Waals surface area (Å²) in [5.41, 5.74) is 2.54. The predicted octanol–water partition coefficient (Wildman–Crippen LogP) is 4.93. The highest BCUT2D eigenvalue weighted by molar-refractivity contribution is 7.18. The lowest BCUT2D eigenvalue weighted by atomic mass is 10.1. The summed E-state index contributed by atoms with van der Waals surface area (Å²) in [6, 6.07) is 13.1. The molecule has 32 heavy (non-hydrogen) atoms. The molecule has 0 bridgehead atoms. The topological polar surface area (TPSA) is 75.2 Å². The highest BCUT2D eigenvalue weighted by atomic mass is 32.1. The Labute approximate surface area is 190 Å². The van der Waals surface area contributed by atoms with Crippen molar-refractivity contribution in [3.05, 3.63) is 65.5 Å². The van der Waals surface area contributed by atoms with Gasteiger partial charge in [0.1, 0.15) is 16.9 Å². The Morgan fingerprint density at radius 1 is 1.12 bits per heavy atom. The predicted molar refractivity (Wildman–Crippen MR) is 123 cm³/mol. The number of unbranched alkanes of at least 4 members (excludes halogenated alkanes) is 1. The van der Waals surface area contributed by atoms with Crippen molar-refractivity contribution in [2.75, 3.05) is 11.9 Å². The molecule has 0 radical (unpaired) electrons. The molecule has 2 heterocycles. The molecule has 8 heteroatoms. The number of amides is 2. The van der Waals surface area contributed by atoms with Gasteiger partial charge >= 0.3 is 0 Å². The lowest BCUT2D eigenvalue weighted by Crippen LogP contribution is -2.43. The number of aromatic nitrogens is 2. The molecule has 1 N–H and O–H groups in total. The van der Waals surface area contributed by atoms with Crippen molar-refractivity contribution < 1.29 is 14.0 Å². The average molecular weight is 453 g/mol. The quantitative estimate of drug-likeness (QED) is 0.552. The van der Waals surface area contributed by atoms with Crippen LogP contribution in [0.3, 0.4) is 0 Å². The van der Waals surface area contributed by atoms with E-state index < -0.39 is 6.04 Å². The van der Waals surface area contributed by atoms with Crippen molar-refractivity contribution in [3.8, 4) is 10.6 Å². The number of benzene rings is 2. The second-order valence-electron chi connectivity index (χ2n) is 7.87. The number of rotatable bonds is 7. The summed E-state index contributed by atoms with van der Waals surface area (Å²) in [6.07, 6.45) is 4.63. The van der Waals surface area contributed by atoms with Gasteiger partial charge in [-0.15, -0.1) is 10.2 Å². The van der Waals surface area contributed by atoms with Gasteiger partial charge in [-0.3, -0.25) is 14.9 Å². The molecule has 1 aliphatic rings. The molecule has 0 aliphatic carbocycles. The normalized spacial score (nSPS) is 15.7. The Kier molecular flexibility index (Phi) is 6.90. The monoisotopic (exact) mass is 452 g/mol. The third-order valence-corrected chi connectivity index (χ3v) is 6.47. The van der Waals surface area contributed by atoms with E-state index in [4.69, 9.17) is 0 Å². The summed E-state index contributed by atoms with van der Waals surface area (Å²) in [4.78, 5) is 27.6. The van der Waals surface area contributed by atoms with Crippen LogP contribution in [0.4, 0.5) is 9.52 Å². The van der Waals surface area contributed by atoms with E-state index in [1.807, 2.05) is 24.3 Å². The standard InChI is InChI=1S/C24H25FN4O2S/c1-2-3-5-16-7-9-18(10-8-16)23(31)29-15-4-6-20(29)21(30)26-24-28-27-22(32-24)17-11-13-19(25)14-12-17/h7-14,20H,2-6,15H2,1H3,(H,26,28,30). The van der Waals surface area contributed by atoms with Gasteiger partial charge in [0.2, 0.25) is 11.0 Å². The first kappa shape index (κ1) is 22.1. The summed E-state index contributed by atoms with van der Waals surface area (Å²) in [5.74, 6) is -0.723. The minimum atomic E-state index is -0.541. The maximum atomic E-state index is 13.1. The fourth-order valence-electron chi connectivity index (χ4n) is 3.81. The molecule has 0 saturated carbocycles. The summed E-state index contributed by atoms with van der Waals surface area (Å²) < 4.78 is 13.1. The van der Waals surface area contributed by atoms with Gasteiger partial charge in [0.05, 0.1) is 0 Å². The zero-order valence-corrected chi connectivity index (χ0v) is 18.7. The van der Waals surface area contributed by atoms with Gasteiger partial charge in [0, 0.05) is 17.7 Å². The van der Waals surface area contributed by atoms with Gasteiger partial charge in [-0.25, -0.2) is 4.39 Å². The van der Waals surface area contributed by atoms with Crippen LogP contribution in [0, 0.1) is 5.82 Å². The van der Waals surface area contributed by atoms with Crippen molar-refractivity contribution >= 4 is 28.3 Å². The zero-order chi connectivity index (χ0) is 22.5. The number of carbonyl (C=O) groups excluding carboxylic acids is 2. The summed E-state index contributed by atoms with van der Waals surface area (Å²) in [5, 5.41) is 11.8. The molecule has 0 spiro atoms. The summed E-state index contributed by atoms with van der Waals surface area (Å²) in [6.45, 7) is 2.70. The SMILES string of the molecule is CCCCc1ccc(C(=O)N2CCCC2C(=O)Nc2nnc(-c3ccc(F)cc3)s2)cc1. The average Bonchev–Trinajstić information content (AvgIpc) is 3.48. The van der Waals surface area contributed by atoms with E-state index in [-0.39, 0.29) is 17.6 Å². The Morgan fingerprint density at radius 2 is 1.88 bits per heavy atom. The number of nitrogens with one attached hydrogen (secondary N) is 1. The van der Waals surface area contributed by atoms with Gasteiger partial charge in [-0.2, -0.15) is 0 Å². The molecule has 4 rings (SSSR count). The second-order valence-corrected chi connectivity index (χ2v) is 8.84. The molecular weight excluding hydrogens is 427 g/mol. The number of nitrogens with zero attached hydrogens (tertiary/aromatic N) is 3. The van der Waals surface area contributed by atoms with Crippen molar-refractivity contribution in [2.45, 2.75) is 45.1 Å². The third-order valence-electron chi connectivity index (χ3n) is 5.58. The van der Waals surface area contributed by atoms with Gasteiger partial charge in [0.15, 0.2) is 0 Å². The molecule has 6 nitrogen and oxygen atoms in total. The van der Waals surface area contributed by atoms with E-state index in [1.165, 1.54) is 29.0 Å². The molecule has 1 unspecified atom stereocenters. The van der Waals surface area contributed by atoms with Crippen LogP contribution < -0.4 is 5.32 Å². The lowest BCUT2D eigenvalue weighted by molar-refractivity contribution is -0.119. The largest absolute Gasteiger partial charge is 0.327 e. The Bertz CT molecular complexity index is 1080. The van der Waals surface area contributed by atoms with E-state index in [0.29, 0.717) is 28.7 Å². The van der Waals surface area contributed by atoms with Crippen molar-refractivity contribution in [3.63, 3.8) is 0 Å². The molecule has 166 valence electrons. The first-order chi connectivity index (χ1) is 15.5. The lowest BCUT2D eigenvalue weighted by Gasteiger charge is -2.23. The number of halogens is 1. The maximum Gasteiger partial charge on any atom is 0.254 e. The molecule has 2 aromatic carbocycles. The molecule has 1 fully saturated rings. The van der Waals surface area contributed by atoms with E-state index in [2.05, 4.69) is 22.4 Å². The molecule has 1 aromatic heterocycles. The van der Waals surface area contributed by atoms with Crippen LogP contribution in [0.5, 0.6) is 0 Å². The minimum Gasteiger partial charge on any atom is -0.327 e. The highest BCUT2D eigenvalue weighted by Gasteiger charge is 2.35. The Hall–Kier alpha value is -3.13. The number of hydrogen-bond donors (Lipinski definition) is 1. The number of likely N-dealkylation sites (tertiary alicyclic amines) is 1. The van der Waals surface area contributed by atoms with Crippen molar-refractivity contribution in [1.82, 2.24) is 15.1 Å². The maximum absolute atomic E-state index is 13.1. The Balaban J connectivity index is 1.41. The van der Waals surface area contributed by atoms with E-state index in [0.717, 1.165) is 31.2 Å².